The molecule has 1 atom stereocenters. The first-order valence-electron chi connectivity index (χ1n) is 9.76. The van der Waals surface area contributed by atoms with Gasteiger partial charge in [-0.15, -0.1) is 5.10 Å². The number of primary amides is 1. The molecule has 3 aromatic rings. The first-order chi connectivity index (χ1) is 14.0. The molecule has 2 aromatic heterocycles. The summed E-state index contributed by atoms with van der Waals surface area (Å²) in [7, 11) is 1.64. The number of carbonyl (C=O) groups is 1. The van der Waals surface area contributed by atoms with Gasteiger partial charge in [0.15, 0.2) is 5.82 Å². The summed E-state index contributed by atoms with van der Waals surface area (Å²) in [5.41, 5.74) is 6.52. The van der Waals surface area contributed by atoms with E-state index in [9.17, 15) is 9.90 Å². The zero-order valence-electron chi connectivity index (χ0n) is 16.5. The van der Waals surface area contributed by atoms with Crippen LogP contribution in [0.25, 0.3) is 4.96 Å². The van der Waals surface area contributed by atoms with Crippen molar-refractivity contribution >= 4 is 22.2 Å². The predicted molar refractivity (Wildman–Crippen MR) is 110 cm³/mol. The molecule has 1 fully saturated rings. The number of piperidine rings is 1. The van der Waals surface area contributed by atoms with Crippen LogP contribution in [0.1, 0.15) is 42.1 Å². The normalized spacial score (nSPS) is 16.9. The second kappa shape index (κ2) is 8.00. The summed E-state index contributed by atoms with van der Waals surface area (Å²) in [5.74, 6) is 1.24. The fourth-order valence-corrected chi connectivity index (χ4v) is 5.04. The molecule has 9 heteroatoms. The number of benzene rings is 1. The lowest BCUT2D eigenvalue weighted by atomic mass is 9.93. The fourth-order valence-electron chi connectivity index (χ4n) is 3.90. The van der Waals surface area contributed by atoms with Crippen molar-refractivity contribution in [2.75, 3.05) is 20.2 Å². The molecule has 0 aliphatic carbocycles. The summed E-state index contributed by atoms with van der Waals surface area (Å²) in [5, 5.41) is 15.4. The number of aromatic nitrogens is 3. The molecule has 0 bridgehead atoms. The standard InChI is InChI=1S/C20H25N5O3S/c1-3-15-22-20-25(23-15)19(27)17(29-20)16(13-5-4-6-14(11-13)28-2)24-9-7-12(8-10-24)18(21)26/h4-6,11-12,16,27H,3,7-10H2,1-2H3,(H2,21,26)/t16-/m0/s1. The first-order valence-corrected chi connectivity index (χ1v) is 10.6. The van der Waals surface area contributed by atoms with E-state index in [1.807, 2.05) is 31.2 Å². The minimum absolute atomic E-state index is 0.0970. The van der Waals surface area contributed by atoms with Gasteiger partial charge in [0.1, 0.15) is 5.75 Å². The van der Waals surface area contributed by atoms with Crippen LogP contribution in [0, 0.1) is 5.92 Å². The van der Waals surface area contributed by atoms with Crippen molar-refractivity contribution in [3.05, 3.63) is 40.5 Å². The Kier molecular flexibility index (Phi) is 5.42. The molecule has 8 nitrogen and oxygen atoms in total. The van der Waals surface area contributed by atoms with E-state index >= 15 is 0 Å². The van der Waals surface area contributed by atoms with E-state index in [-0.39, 0.29) is 23.7 Å². The van der Waals surface area contributed by atoms with Crippen LogP contribution in [0.15, 0.2) is 24.3 Å². The van der Waals surface area contributed by atoms with Gasteiger partial charge in [-0.1, -0.05) is 30.4 Å². The minimum atomic E-state index is -0.240. The molecule has 154 valence electrons. The zero-order valence-corrected chi connectivity index (χ0v) is 17.4. The second-order valence-corrected chi connectivity index (χ2v) is 8.27. The van der Waals surface area contributed by atoms with Crippen LogP contribution >= 0.6 is 11.3 Å². The molecule has 0 radical (unpaired) electrons. The van der Waals surface area contributed by atoms with Crippen molar-refractivity contribution in [2.45, 2.75) is 32.2 Å². The molecule has 0 spiro atoms. The third-order valence-corrected chi connectivity index (χ3v) is 6.59. The molecule has 0 unspecified atom stereocenters. The van der Waals surface area contributed by atoms with Crippen molar-refractivity contribution < 1.29 is 14.6 Å². The van der Waals surface area contributed by atoms with Gasteiger partial charge in [0.05, 0.1) is 18.0 Å². The maximum Gasteiger partial charge on any atom is 0.230 e. The summed E-state index contributed by atoms with van der Waals surface area (Å²) < 4.78 is 6.93. The van der Waals surface area contributed by atoms with Gasteiger partial charge in [0.25, 0.3) is 0 Å². The van der Waals surface area contributed by atoms with Crippen LogP contribution in [0.3, 0.4) is 0 Å². The second-order valence-electron chi connectivity index (χ2n) is 7.26. The number of aromatic hydroxyl groups is 1. The van der Waals surface area contributed by atoms with Gasteiger partial charge in [-0.25, -0.2) is 4.98 Å². The fraction of sp³-hybridized carbons (Fsp3) is 0.450. The van der Waals surface area contributed by atoms with E-state index in [1.54, 1.807) is 7.11 Å². The number of aryl methyl sites for hydroxylation is 1. The van der Waals surface area contributed by atoms with Crippen molar-refractivity contribution in [2.24, 2.45) is 11.7 Å². The molecule has 0 saturated carbocycles. The van der Waals surface area contributed by atoms with Gasteiger partial charge in [-0.2, -0.15) is 4.52 Å². The lowest BCUT2D eigenvalue weighted by molar-refractivity contribution is -0.123. The molecule has 29 heavy (non-hydrogen) atoms. The van der Waals surface area contributed by atoms with E-state index < -0.39 is 0 Å². The Morgan fingerprint density at radius 1 is 1.41 bits per heavy atom. The SMILES string of the molecule is CCc1nc2sc([C@H](c3cccc(OC)c3)N3CCC(C(N)=O)CC3)c(O)n2n1. The molecule has 1 aliphatic heterocycles. The highest BCUT2D eigenvalue weighted by molar-refractivity contribution is 7.17. The minimum Gasteiger partial charge on any atom is -0.497 e. The van der Waals surface area contributed by atoms with Crippen molar-refractivity contribution in [3.8, 4) is 11.6 Å². The summed E-state index contributed by atoms with van der Waals surface area (Å²) in [6.45, 7) is 3.41. The molecule has 1 amide bonds. The summed E-state index contributed by atoms with van der Waals surface area (Å²) in [6.07, 6.45) is 2.12. The number of hydrogen-bond acceptors (Lipinski definition) is 7. The lowest BCUT2D eigenvalue weighted by Crippen LogP contribution is -2.40. The van der Waals surface area contributed by atoms with Crippen LogP contribution in [0.4, 0.5) is 0 Å². The average Bonchev–Trinajstić information content (AvgIpc) is 3.28. The average molecular weight is 416 g/mol. The molecule has 4 rings (SSSR count). The number of hydrogen-bond donors (Lipinski definition) is 2. The van der Waals surface area contributed by atoms with Crippen LogP contribution in [-0.2, 0) is 11.2 Å². The number of rotatable bonds is 6. The Morgan fingerprint density at radius 3 is 2.79 bits per heavy atom. The van der Waals surface area contributed by atoms with Crippen LogP contribution < -0.4 is 10.5 Å². The Balaban J connectivity index is 1.75. The van der Waals surface area contributed by atoms with Crippen molar-refractivity contribution in [1.29, 1.82) is 0 Å². The number of methoxy groups -OCH3 is 1. The molecule has 1 aliphatic rings. The monoisotopic (exact) mass is 415 g/mol. The lowest BCUT2D eigenvalue weighted by Gasteiger charge is -2.36. The van der Waals surface area contributed by atoms with Crippen molar-refractivity contribution in [1.82, 2.24) is 19.5 Å². The maximum absolute atomic E-state index is 11.6. The Labute approximate surface area is 172 Å². The van der Waals surface area contributed by atoms with E-state index in [0.29, 0.717) is 43.1 Å². The van der Waals surface area contributed by atoms with Gasteiger partial charge in [-0.05, 0) is 43.6 Å². The van der Waals surface area contributed by atoms with Crippen LogP contribution in [0.5, 0.6) is 11.6 Å². The Hall–Kier alpha value is -2.65. The number of fused-ring (bicyclic) bond motifs is 1. The van der Waals surface area contributed by atoms with Crippen LogP contribution in [-0.4, -0.2) is 50.7 Å². The third kappa shape index (κ3) is 3.67. The summed E-state index contributed by atoms with van der Waals surface area (Å²) >= 11 is 1.44. The van der Waals surface area contributed by atoms with Gasteiger partial charge >= 0.3 is 0 Å². The zero-order chi connectivity index (χ0) is 20.5. The van der Waals surface area contributed by atoms with E-state index in [2.05, 4.69) is 15.0 Å². The number of amides is 1. The number of ether oxygens (including phenoxy) is 1. The smallest absolute Gasteiger partial charge is 0.230 e. The van der Waals surface area contributed by atoms with Gasteiger partial charge in [-0.3, -0.25) is 9.69 Å². The van der Waals surface area contributed by atoms with Gasteiger partial charge in [0, 0.05) is 12.3 Å². The highest BCUT2D eigenvalue weighted by Crippen LogP contribution is 2.41. The highest BCUT2D eigenvalue weighted by atomic mass is 32.1. The maximum atomic E-state index is 11.6. The first kappa shape index (κ1) is 19.7. The Morgan fingerprint density at radius 2 is 2.17 bits per heavy atom. The summed E-state index contributed by atoms with van der Waals surface area (Å²) in [6, 6.07) is 7.67. The molecule has 3 N–H and O–H groups in total. The Bertz CT molecular complexity index is 1020. The molecular weight excluding hydrogens is 390 g/mol. The largest absolute Gasteiger partial charge is 0.497 e. The topological polar surface area (TPSA) is 106 Å². The number of thiazole rings is 1. The summed E-state index contributed by atoms with van der Waals surface area (Å²) in [4.78, 5) is 19.8. The number of nitrogens with two attached hydrogens (primary N) is 1. The molecule has 1 aromatic carbocycles. The van der Waals surface area contributed by atoms with Gasteiger partial charge in [0.2, 0.25) is 16.7 Å². The highest BCUT2D eigenvalue weighted by Gasteiger charge is 2.33. The van der Waals surface area contributed by atoms with Crippen LogP contribution in [0.2, 0.25) is 0 Å². The number of nitrogens with zero attached hydrogens (tertiary/aromatic N) is 4. The molecule has 1 saturated heterocycles. The number of likely N-dealkylation sites (tertiary alicyclic amines) is 1. The van der Waals surface area contributed by atoms with E-state index in [0.717, 1.165) is 16.2 Å². The van der Waals surface area contributed by atoms with Crippen molar-refractivity contribution in [3.63, 3.8) is 0 Å². The molecule has 3 heterocycles. The quantitative estimate of drug-likeness (QED) is 0.640. The number of carbonyl (C=O) groups excluding carboxylic acids is 1. The van der Waals surface area contributed by atoms with E-state index in [4.69, 9.17) is 10.5 Å². The molecular formula is C20H25N5O3S. The predicted octanol–water partition coefficient (Wildman–Crippen LogP) is 2.35. The van der Waals surface area contributed by atoms with Gasteiger partial charge < -0.3 is 15.6 Å². The third-order valence-electron chi connectivity index (χ3n) is 5.51. The van der Waals surface area contributed by atoms with E-state index in [1.165, 1.54) is 15.9 Å².